The van der Waals surface area contributed by atoms with Crippen molar-refractivity contribution in [2.45, 2.75) is 77.1 Å². The van der Waals surface area contributed by atoms with E-state index in [1.165, 1.54) is 14.0 Å². The van der Waals surface area contributed by atoms with Crippen molar-refractivity contribution in [1.29, 1.82) is 0 Å². The molecule has 7 heteroatoms. The lowest BCUT2D eigenvalue weighted by molar-refractivity contribution is -0.148. The minimum Gasteiger partial charge on any atom is -0.504 e. The Morgan fingerprint density at radius 2 is 1.93 bits per heavy atom. The normalized spacial score (nSPS) is 14.2. The van der Waals surface area contributed by atoms with Crippen LogP contribution in [0.15, 0.2) is 18.2 Å². The molecule has 0 saturated carbocycles. The van der Waals surface area contributed by atoms with Gasteiger partial charge in [-0.1, -0.05) is 18.9 Å². The highest BCUT2D eigenvalue weighted by molar-refractivity contribution is 5.66. The number of nitrogens with one attached hydrogen (secondary N) is 1. The topological polar surface area (TPSA) is 108 Å². The monoisotopic (exact) mass is 411 g/mol. The molecule has 0 bridgehead atoms. The van der Waals surface area contributed by atoms with Gasteiger partial charge in [0.1, 0.15) is 6.10 Å². The number of carbonyl (C=O) groups excluding carboxylic acids is 1. The third-order valence-corrected chi connectivity index (χ3v) is 4.70. The van der Waals surface area contributed by atoms with Gasteiger partial charge in [-0.15, -0.1) is 0 Å². The zero-order valence-corrected chi connectivity index (χ0v) is 17.9. The van der Waals surface area contributed by atoms with E-state index in [1.54, 1.807) is 19.1 Å². The predicted octanol–water partition coefficient (Wildman–Crippen LogP) is 2.55. The number of unbranched alkanes of at least 4 members (excludes halogenated alkanes) is 2. The maximum Gasteiger partial charge on any atom is 0.302 e. The van der Waals surface area contributed by atoms with E-state index in [2.05, 4.69) is 5.32 Å². The number of aromatic hydroxyl groups is 1. The van der Waals surface area contributed by atoms with Gasteiger partial charge < -0.3 is 30.1 Å². The average molecular weight is 412 g/mol. The van der Waals surface area contributed by atoms with Crippen LogP contribution in [0.1, 0.15) is 57.9 Å². The Bertz CT molecular complexity index is 593. The Hall–Kier alpha value is -1.83. The SMILES string of the molecule is COc1cc(CCC(CC(O)CCCCCNCC(C)O)OC(C)=O)ccc1O. The summed E-state index contributed by atoms with van der Waals surface area (Å²) in [6, 6.07) is 5.16. The Morgan fingerprint density at radius 1 is 1.17 bits per heavy atom. The number of hydrogen-bond donors (Lipinski definition) is 4. The lowest BCUT2D eigenvalue weighted by Gasteiger charge is -2.20. The average Bonchev–Trinajstić information content (AvgIpc) is 2.65. The molecule has 3 unspecified atom stereocenters. The molecule has 0 fully saturated rings. The second kappa shape index (κ2) is 14.2. The fourth-order valence-electron chi connectivity index (χ4n) is 3.20. The van der Waals surface area contributed by atoms with Crippen LogP contribution < -0.4 is 10.1 Å². The Morgan fingerprint density at radius 3 is 2.59 bits per heavy atom. The summed E-state index contributed by atoms with van der Waals surface area (Å²) in [4.78, 5) is 11.4. The molecule has 1 aromatic carbocycles. The van der Waals surface area contributed by atoms with E-state index in [0.717, 1.165) is 31.4 Å². The molecule has 0 amide bonds. The molecule has 1 rings (SSSR count). The largest absolute Gasteiger partial charge is 0.504 e. The summed E-state index contributed by atoms with van der Waals surface area (Å²) in [5, 5.41) is 32.4. The Kier molecular flexibility index (Phi) is 12.3. The predicted molar refractivity (Wildman–Crippen MR) is 112 cm³/mol. The number of benzene rings is 1. The molecule has 0 spiro atoms. The van der Waals surface area contributed by atoms with Crippen LogP contribution in [0, 0.1) is 0 Å². The van der Waals surface area contributed by atoms with Crippen LogP contribution in [0.4, 0.5) is 0 Å². The van der Waals surface area contributed by atoms with Gasteiger partial charge in [-0.2, -0.15) is 0 Å². The molecule has 0 aliphatic carbocycles. The van der Waals surface area contributed by atoms with Gasteiger partial charge in [-0.05, 0) is 56.8 Å². The molecule has 0 heterocycles. The number of rotatable bonds is 15. The van der Waals surface area contributed by atoms with Crippen molar-refractivity contribution in [3.8, 4) is 11.5 Å². The number of phenolic OH excluding ortho intramolecular Hbond substituents is 1. The second-order valence-corrected chi connectivity index (χ2v) is 7.57. The van der Waals surface area contributed by atoms with E-state index in [9.17, 15) is 20.1 Å². The zero-order chi connectivity index (χ0) is 21.6. The summed E-state index contributed by atoms with van der Waals surface area (Å²) in [6.45, 7) is 4.58. The minimum atomic E-state index is -0.515. The first-order valence-corrected chi connectivity index (χ1v) is 10.4. The van der Waals surface area contributed by atoms with Crippen molar-refractivity contribution in [2.24, 2.45) is 0 Å². The molecule has 0 aliphatic heterocycles. The van der Waals surface area contributed by atoms with Crippen LogP contribution in [0.2, 0.25) is 0 Å². The summed E-state index contributed by atoms with van der Waals surface area (Å²) >= 11 is 0. The van der Waals surface area contributed by atoms with Crippen LogP contribution in [0.3, 0.4) is 0 Å². The molecule has 3 atom stereocenters. The van der Waals surface area contributed by atoms with Gasteiger partial charge in [0.25, 0.3) is 0 Å². The lowest BCUT2D eigenvalue weighted by Crippen LogP contribution is -2.25. The summed E-state index contributed by atoms with van der Waals surface area (Å²) in [5.41, 5.74) is 0.969. The van der Waals surface area contributed by atoms with Gasteiger partial charge in [0.15, 0.2) is 11.5 Å². The number of carbonyl (C=O) groups is 1. The standard InChI is InChI=1S/C22H37NO6/c1-16(24)15-23-12-6-4-5-7-19(26)14-20(29-17(2)25)10-8-18-9-11-21(27)22(13-18)28-3/h9,11,13,16,19-20,23-24,26-27H,4-8,10,12,14-15H2,1-3H3. The van der Waals surface area contributed by atoms with Crippen molar-refractivity contribution in [3.05, 3.63) is 23.8 Å². The molecule has 4 N–H and O–H groups in total. The summed E-state index contributed by atoms with van der Waals surface area (Å²) < 4.78 is 10.5. The van der Waals surface area contributed by atoms with Crippen LogP contribution in [-0.2, 0) is 16.0 Å². The molecule has 0 radical (unpaired) electrons. The summed E-state index contributed by atoms with van der Waals surface area (Å²) in [6.07, 6.45) is 4.01. The molecule has 0 aliphatic rings. The number of phenols is 1. The molecule has 1 aromatic rings. The number of aryl methyl sites for hydroxylation is 1. The second-order valence-electron chi connectivity index (χ2n) is 7.57. The fraction of sp³-hybridized carbons (Fsp3) is 0.682. The molecular weight excluding hydrogens is 374 g/mol. The number of aliphatic hydroxyl groups is 2. The third-order valence-electron chi connectivity index (χ3n) is 4.70. The summed E-state index contributed by atoms with van der Waals surface area (Å²) in [5.74, 6) is 0.147. The molecule has 0 saturated heterocycles. The van der Waals surface area contributed by atoms with Crippen molar-refractivity contribution in [1.82, 2.24) is 5.32 Å². The molecular formula is C22H37NO6. The van der Waals surface area contributed by atoms with Crippen molar-refractivity contribution in [3.63, 3.8) is 0 Å². The number of hydrogen-bond acceptors (Lipinski definition) is 7. The van der Waals surface area contributed by atoms with Gasteiger partial charge in [0.2, 0.25) is 0 Å². The molecule has 0 aromatic heterocycles. The number of methoxy groups -OCH3 is 1. The third kappa shape index (κ3) is 11.7. The van der Waals surface area contributed by atoms with E-state index in [4.69, 9.17) is 9.47 Å². The van der Waals surface area contributed by atoms with Crippen LogP contribution in [-0.4, -0.2) is 59.8 Å². The van der Waals surface area contributed by atoms with Crippen molar-refractivity contribution < 1.29 is 29.6 Å². The van der Waals surface area contributed by atoms with Crippen LogP contribution in [0.25, 0.3) is 0 Å². The first kappa shape index (κ1) is 25.2. The summed E-state index contributed by atoms with van der Waals surface area (Å²) in [7, 11) is 1.50. The van der Waals surface area contributed by atoms with E-state index in [1.807, 2.05) is 6.07 Å². The van der Waals surface area contributed by atoms with E-state index in [0.29, 0.717) is 38.0 Å². The quantitative estimate of drug-likeness (QED) is 0.259. The zero-order valence-electron chi connectivity index (χ0n) is 17.9. The van der Waals surface area contributed by atoms with E-state index >= 15 is 0 Å². The van der Waals surface area contributed by atoms with Gasteiger partial charge >= 0.3 is 5.97 Å². The van der Waals surface area contributed by atoms with Crippen molar-refractivity contribution >= 4 is 5.97 Å². The highest BCUT2D eigenvalue weighted by atomic mass is 16.5. The van der Waals surface area contributed by atoms with Crippen molar-refractivity contribution in [2.75, 3.05) is 20.2 Å². The lowest BCUT2D eigenvalue weighted by atomic mass is 9.99. The van der Waals surface area contributed by atoms with Gasteiger partial charge in [0.05, 0.1) is 19.3 Å². The molecule has 7 nitrogen and oxygen atoms in total. The smallest absolute Gasteiger partial charge is 0.302 e. The fourth-order valence-corrected chi connectivity index (χ4v) is 3.20. The van der Waals surface area contributed by atoms with E-state index < -0.39 is 6.10 Å². The number of ether oxygens (including phenoxy) is 2. The highest BCUT2D eigenvalue weighted by Gasteiger charge is 2.18. The Labute approximate surface area is 174 Å². The van der Waals surface area contributed by atoms with Gasteiger partial charge in [0, 0.05) is 19.9 Å². The first-order valence-electron chi connectivity index (χ1n) is 10.4. The number of aliphatic hydroxyl groups excluding tert-OH is 2. The van der Waals surface area contributed by atoms with Crippen LogP contribution in [0.5, 0.6) is 11.5 Å². The number of esters is 1. The maximum absolute atomic E-state index is 11.4. The van der Waals surface area contributed by atoms with Gasteiger partial charge in [-0.25, -0.2) is 0 Å². The minimum absolute atomic E-state index is 0.0873. The Balaban J connectivity index is 2.37. The molecule has 29 heavy (non-hydrogen) atoms. The molecule has 166 valence electrons. The first-order chi connectivity index (χ1) is 13.8. The van der Waals surface area contributed by atoms with Crippen LogP contribution >= 0.6 is 0 Å². The highest BCUT2D eigenvalue weighted by Crippen LogP contribution is 2.27. The van der Waals surface area contributed by atoms with E-state index in [-0.39, 0.29) is 23.9 Å². The maximum atomic E-state index is 11.4. The van der Waals surface area contributed by atoms with Gasteiger partial charge in [-0.3, -0.25) is 4.79 Å².